The molecule has 1 saturated heterocycles. The Morgan fingerprint density at radius 3 is 2.60 bits per heavy atom. The van der Waals surface area contributed by atoms with E-state index in [9.17, 15) is 9.90 Å². The minimum Gasteiger partial charge on any atom is -0.508 e. The lowest BCUT2D eigenvalue weighted by Crippen LogP contribution is -2.34. The van der Waals surface area contributed by atoms with Crippen LogP contribution in [-0.2, 0) is 11.2 Å². The Bertz CT molecular complexity index is 425. The Balaban J connectivity index is 1.65. The zero-order valence-corrected chi connectivity index (χ0v) is 12.1. The predicted octanol–water partition coefficient (Wildman–Crippen LogP) is 1.93. The van der Waals surface area contributed by atoms with Gasteiger partial charge in [-0.25, -0.2) is 0 Å². The molecule has 1 aliphatic rings. The number of hydrogen-bond donors (Lipinski definition) is 2. The van der Waals surface area contributed by atoms with E-state index in [1.807, 2.05) is 17.0 Å². The third-order valence-electron chi connectivity index (χ3n) is 3.77. The summed E-state index contributed by atoms with van der Waals surface area (Å²) in [5.41, 5.74) is 1.19. The number of phenols is 1. The van der Waals surface area contributed by atoms with Crippen LogP contribution >= 0.6 is 0 Å². The minimum atomic E-state index is 0.270. The lowest BCUT2D eigenvalue weighted by molar-refractivity contribution is -0.130. The number of carbonyl (C=O) groups is 1. The van der Waals surface area contributed by atoms with Crippen LogP contribution < -0.4 is 5.32 Å². The first-order chi connectivity index (χ1) is 9.65. The van der Waals surface area contributed by atoms with Gasteiger partial charge in [-0.1, -0.05) is 12.1 Å². The zero-order valence-electron chi connectivity index (χ0n) is 12.1. The molecule has 4 nitrogen and oxygen atoms in total. The van der Waals surface area contributed by atoms with Crippen molar-refractivity contribution >= 4 is 5.91 Å². The highest BCUT2D eigenvalue weighted by Crippen LogP contribution is 2.11. The summed E-state index contributed by atoms with van der Waals surface area (Å²) in [6, 6.07) is 7.61. The van der Waals surface area contributed by atoms with Gasteiger partial charge in [0.2, 0.25) is 5.91 Å². The van der Waals surface area contributed by atoms with Crippen LogP contribution in [0.4, 0.5) is 0 Å². The van der Waals surface area contributed by atoms with E-state index in [1.54, 1.807) is 12.1 Å². The molecule has 0 saturated carbocycles. The van der Waals surface area contributed by atoms with E-state index in [-0.39, 0.29) is 5.91 Å². The third-order valence-corrected chi connectivity index (χ3v) is 3.77. The summed E-state index contributed by atoms with van der Waals surface area (Å²) in [6.07, 6.45) is 3.78. The predicted molar refractivity (Wildman–Crippen MR) is 79.7 cm³/mol. The van der Waals surface area contributed by atoms with Crippen molar-refractivity contribution in [3.63, 3.8) is 0 Å². The van der Waals surface area contributed by atoms with Crippen molar-refractivity contribution in [1.29, 1.82) is 0 Å². The molecule has 0 radical (unpaired) electrons. The summed E-state index contributed by atoms with van der Waals surface area (Å²) in [5, 5.41) is 12.6. The van der Waals surface area contributed by atoms with Gasteiger partial charge in [0.15, 0.2) is 0 Å². The molecule has 2 rings (SSSR count). The van der Waals surface area contributed by atoms with Crippen LogP contribution in [0.2, 0.25) is 0 Å². The molecule has 0 spiro atoms. The Morgan fingerprint density at radius 2 is 1.95 bits per heavy atom. The van der Waals surface area contributed by atoms with Crippen LogP contribution in [-0.4, -0.2) is 41.6 Å². The van der Waals surface area contributed by atoms with E-state index in [0.717, 1.165) is 38.9 Å². The van der Waals surface area contributed by atoms with E-state index in [4.69, 9.17) is 0 Å². The quantitative estimate of drug-likeness (QED) is 0.834. The summed E-state index contributed by atoms with van der Waals surface area (Å²) >= 11 is 0. The average molecular weight is 276 g/mol. The maximum absolute atomic E-state index is 11.9. The summed E-state index contributed by atoms with van der Waals surface area (Å²) < 4.78 is 0. The molecule has 1 heterocycles. The zero-order chi connectivity index (χ0) is 14.4. The molecule has 1 aromatic carbocycles. The smallest absolute Gasteiger partial charge is 0.223 e. The van der Waals surface area contributed by atoms with Crippen molar-refractivity contribution in [3.8, 4) is 5.75 Å². The lowest BCUT2D eigenvalue weighted by atomic mass is 10.1. The fourth-order valence-electron chi connectivity index (χ4n) is 2.61. The molecule has 0 aliphatic carbocycles. The maximum atomic E-state index is 11.9. The third kappa shape index (κ3) is 4.53. The van der Waals surface area contributed by atoms with Gasteiger partial charge in [0.25, 0.3) is 0 Å². The van der Waals surface area contributed by atoms with Crippen molar-refractivity contribution in [2.75, 3.05) is 19.6 Å². The monoisotopic (exact) mass is 276 g/mol. The van der Waals surface area contributed by atoms with Gasteiger partial charge in [-0.05, 0) is 43.9 Å². The Kier molecular flexibility index (Phi) is 5.41. The summed E-state index contributed by atoms with van der Waals surface area (Å²) in [6.45, 7) is 4.71. The van der Waals surface area contributed by atoms with Crippen LogP contribution in [0.3, 0.4) is 0 Å². The van der Waals surface area contributed by atoms with E-state index in [0.29, 0.717) is 18.2 Å². The number of hydrogen-bond acceptors (Lipinski definition) is 3. The molecule has 110 valence electrons. The molecule has 1 amide bonds. The SMILES string of the molecule is CC(Cc1ccc(O)cc1)NCCC(=O)N1CCCC1. The molecule has 0 aromatic heterocycles. The first kappa shape index (κ1) is 14.9. The van der Waals surface area contributed by atoms with Crippen molar-refractivity contribution in [2.45, 2.75) is 38.6 Å². The molecule has 1 aromatic rings. The van der Waals surface area contributed by atoms with E-state index < -0.39 is 0 Å². The highest BCUT2D eigenvalue weighted by atomic mass is 16.3. The van der Waals surface area contributed by atoms with Crippen molar-refractivity contribution in [3.05, 3.63) is 29.8 Å². The number of amides is 1. The van der Waals surface area contributed by atoms with Crippen LogP contribution in [0, 0.1) is 0 Å². The van der Waals surface area contributed by atoms with Gasteiger partial charge < -0.3 is 15.3 Å². The molecule has 20 heavy (non-hydrogen) atoms. The largest absolute Gasteiger partial charge is 0.508 e. The minimum absolute atomic E-state index is 0.270. The van der Waals surface area contributed by atoms with Gasteiger partial charge in [0.05, 0.1) is 0 Å². The topological polar surface area (TPSA) is 52.6 Å². The summed E-state index contributed by atoms with van der Waals surface area (Å²) in [7, 11) is 0. The van der Waals surface area contributed by atoms with Gasteiger partial charge >= 0.3 is 0 Å². The maximum Gasteiger partial charge on any atom is 0.223 e. The molecule has 1 aliphatic heterocycles. The average Bonchev–Trinajstić information content (AvgIpc) is 2.95. The fourth-order valence-corrected chi connectivity index (χ4v) is 2.61. The second-order valence-electron chi connectivity index (χ2n) is 5.56. The lowest BCUT2D eigenvalue weighted by Gasteiger charge is -2.17. The normalized spacial score (nSPS) is 16.4. The molecule has 1 unspecified atom stereocenters. The molecular formula is C16H24N2O2. The molecule has 2 N–H and O–H groups in total. The van der Waals surface area contributed by atoms with Crippen LogP contribution in [0.25, 0.3) is 0 Å². The van der Waals surface area contributed by atoms with Crippen LogP contribution in [0.5, 0.6) is 5.75 Å². The molecule has 4 heteroatoms. The fraction of sp³-hybridized carbons (Fsp3) is 0.562. The van der Waals surface area contributed by atoms with Gasteiger partial charge in [-0.3, -0.25) is 4.79 Å². The van der Waals surface area contributed by atoms with E-state index in [1.165, 1.54) is 5.56 Å². The highest BCUT2D eigenvalue weighted by Gasteiger charge is 2.17. The Labute approximate surface area is 120 Å². The standard InChI is InChI=1S/C16H24N2O2/c1-13(12-14-4-6-15(19)7-5-14)17-9-8-16(20)18-10-2-3-11-18/h4-7,13,17,19H,2-3,8-12H2,1H3. The van der Waals surface area contributed by atoms with E-state index in [2.05, 4.69) is 12.2 Å². The molecule has 1 atom stereocenters. The number of nitrogens with zero attached hydrogens (tertiary/aromatic N) is 1. The number of benzene rings is 1. The number of carbonyl (C=O) groups excluding carboxylic acids is 1. The highest BCUT2D eigenvalue weighted by molar-refractivity contribution is 5.76. The van der Waals surface area contributed by atoms with Gasteiger partial charge in [-0.2, -0.15) is 0 Å². The number of nitrogens with one attached hydrogen (secondary N) is 1. The molecule has 0 bridgehead atoms. The van der Waals surface area contributed by atoms with Crippen molar-refractivity contribution < 1.29 is 9.90 Å². The van der Waals surface area contributed by atoms with Crippen LogP contribution in [0.15, 0.2) is 24.3 Å². The number of aromatic hydroxyl groups is 1. The summed E-state index contributed by atoms with van der Waals surface area (Å²) in [4.78, 5) is 13.8. The van der Waals surface area contributed by atoms with E-state index >= 15 is 0 Å². The molecule has 1 fully saturated rings. The number of likely N-dealkylation sites (tertiary alicyclic amines) is 1. The summed E-state index contributed by atoms with van der Waals surface area (Å²) in [5.74, 6) is 0.567. The Morgan fingerprint density at radius 1 is 1.30 bits per heavy atom. The second kappa shape index (κ2) is 7.29. The van der Waals surface area contributed by atoms with Gasteiger partial charge in [0, 0.05) is 32.1 Å². The second-order valence-corrected chi connectivity index (χ2v) is 5.56. The first-order valence-corrected chi connectivity index (χ1v) is 7.44. The van der Waals surface area contributed by atoms with Gasteiger partial charge in [-0.15, -0.1) is 0 Å². The van der Waals surface area contributed by atoms with Crippen molar-refractivity contribution in [1.82, 2.24) is 10.2 Å². The van der Waals surface area contributed by atoms with Crippen LogP contribution in [0.1, 0.15) is 31.7 Å². The van der Waals surface area contributed by atoms with Gasteiger partial charge in [0.1, 0.15) is 5.75 Å². The Hall–Kier alpha value is -1.55. The number of phenolic OH excluding ortho intramolecular Hbond substituents is 1. The molecular weight excluding hydrogens is 252 g/mol. The first-order valence-electron chi connectivity index (χ1n) is 7.44. The number of rotatable bonds is 6. The van der Waals surface area contributed by atoms with Crippen molar-refractivity contribution in [2.24, 2.45) is 0 Å².